The molecule has 7 nitrogen and oxygen atoms in total. The van der Waals surface area contributed by atoms with Gasteiger partial charge >= 0.3 is 5.97 Å². The number of aliphatic carboxylic acids is 1. The van der Waals surface area contributed by atoms with Gasteiger partial charge in [-0.15, -0.1) is 11.3 Å². The SMILES string of the molecule is CC(C)[C@@H](NC(=O)c1cccc(S(=O)(=O)NCc2cccs2)c1)C(=O)O. The van der Waals surface area contributed by atoms with Crippen LogP contribution in [-0.2, 0) is 21.4 Å². The molecule has 1 heterocycles. The number of carbonyl (C=O) groups is 2. The minimum Gasteiger partial charge on any atom is -0.480 e. The van der Waals surface area contributed by atoms with Crippen LogP contribution in [0.1, 0.15) is 29.1 Å². The summed E-state index contributed by atoms with van der Waals surface area (Å²) < 4.78 is 27.3. The van der Waals surface area contributed by atoms with Gasteiger partial charge in [0.1, 0.15) is 6.04 Å². The van der Waals surface area contributed by atoms with Gasteiger partial charge in [-0.3, -0.25) is 4.79 Å². The maximum atomic E-state index is 12.4. The van der Waals surface area contributed by atoms with Crippen LogP contribution < -0.4 is 10.0 Å². The number of carboxylic acid groups (broad SMARTS) is 1. The maximum absolute atomic E-state index is 12.4. The van der Waals surface area contributed by atoms with Crippen LogP contribution in [0.15, 0.2) is 46.7 Å². The fourth-order valence-electron chi connectivity index (χ4n) is 2.21. The van der Waals surface area contributed by atoms with Gasteiger partial charge in [-0.25, -0.2) is 17.9 Å². The summed E-state index contributed by atoms with van der Waals surface area (Å²) in [7, 11) is -3.79. The van der Waals surface area contributed by atoms with Gasteiger partial charge in [0.25, 0.3) is 5.91 Å². The molecule has 1 aromatic heterocycles. The van der Waals surface area contributed by atoms with Gasteiger partial charge in [0.2, 0.25) is 10.0 Å². The second kappa shape index (κ2) is 8.43. The van der Waals surface area contributed by atoms with Gasteiger partial charge in [-0.05, 0) is 35.6 Å². The van der Waals surface area contributed by atoms with Gasteiger partial charge in [0, 0.05) is 17.0 Å². The van der Waals surface area contributed by atoms with Crippen molar-refractivity contribution in [2.24, 2.45) is 5.92 Å². The Balaban J connectivity index is 2.15. The highest BCUT2D eigenvalue weighted by molar-refractivity contribution is 7.89. The molecule has 1 atom stereocenters. The summed E-state index contributed by atoms with van der Waals surface area (Å²) in [6.07, 6.45) is 0. The highest BCUT2D eigenvalue weighted by atomic mass is 32.2. The molecule has 2 aromatic rings. The molecule has 0 saturated heterocycles. The van der Waals surface area contributed by atoms with Gasteiger partial charge in [0.15, 0.2) is 0 Å². The zero-order valence-corrected chi connectivity index (χ0v) is 15.9. The normalized spacial score (nSPS) is 12.7. The number of carboxylic acids is 1. The van der Waals surface area contributed by atoms with E-state index in [-0.39, 0.29) is 22.9 Å². The molecule has 9 heteroatoms. The number of hydrogen-bond acceptors (Lipinski definition) is 5. The third kappa shape index (κ3) is 5.13. The molecule has 0 spiro atoms. The van der Waals surface area contributed by atoms with Crippen molar-refractivity contribution >= 4 is 33.2 Å². The van der Waals surface area contributed by atoms with Crippen molar-refractivity contribution in [3.05, 3.63) is 52.2 Å². The summed E-state index contributed by atoms with van der Waals surface area (Å²) in [5, 5.41) is 13.4. The molecule has 0 fully saturated rings. The van der Waals surface area contributed by atoms with E-state index in [2.05, 4.69) is 10.0 Å². The molecule has 0 saturated carbocycles. The van der Waals surface area contributed by atoms with Gasteiger partial charge in [0.05, 0.1) is 4.90 Å². The Morgan fingerprint density at radius 3 is 2.50 bits per heavy atom. The van der Waals surface area contributed by atoms with Crippen LogP contribution in [0.4, 0.5) is 0 Å². The van der Waals surface area contributed by atoms with Gasteiger partial charge in [-0.2, -0.15) is 0 Å². The number of amides is 1. The minimum atomic E-state index is -3.79. The number of hydrogen-bond donors (Lipinski definition) is 3. The number of carbonyl (C=O) groups excluding carboxylic acids is 1. The standard InChI is InChI=1S/C17H20N2O5S2/c1-11(2)15(17(21)22)19-16(20)12-5-3-7-14(9-12)26(23,24)18-10-13-6-4-8-25-13/h3-9,11,15,18H,10H2,1-2H3,(H,19,20)(H,21,22)/t15-/m1/s1. The highest BCUT2D eigenvalue weighted by Gasteiger charge is 2.24. The molecule has 0 bridgehead atoms. The maximum Gasteiger partial charge on any atom is 0.326 e. The monoisotopic (exact) mass is 396 g/mol. The Labute approximate surface area is 156 Å². The topological polar surface area (TPSA) is 113 Å². The lowest BCUT2D eigenvalue weighted by atomic mass is 10.0. The van der Waals surface area contributed by atoms with Crippen molar-refractivity contribution in [1.29, 1.82) is 0 Å². The zero-order chi connectivity index (χ0) is 19.3. The van der Waals surface area contributed by atoms with Crippen molar-refractivity contribution in [3.8, 4) is 0 Å². The second-order valence-corrected chi connectivity index (χ2v) is 8.76. The summed E-state index contributed by atoms with van der Waals surface area (Å²) in [4.78, 5) is 24.3. The van der Waals surface area contributed by atoms with Crippen molar-refractivity contribution in [2.75, 3.05) is 0 Å². The van der Waals surface area contributed by atoms with Crippen LogP contribution in [0.3, 0.4) is 0 Å². The van der Waals surface area contributed by atoms with E-state index in [0.29, 0.717) is 0 Å². The van der Waals surface area contributed by atoms with Crippen molar-refractivity contribution in [2.45, 2.75) is 31.3 Å². The molecule has 0 unspecified atom stereocenters. The summed E-state index contributed by atoms with van der Waals surface area (Å²) >= 11 is 1.43. The lowest BCUT2D eigenvalue weighted by molar-refractivity contribution is -0.140. The molecule has 26 heavy (non-hydrogen) atoms. The van der Waals surface area contributed by atoms with Crippen LogP contribution in [0.2, 0.25) is 0 Å². The van der Waals surface area contributed by atoms with Gasteiger partial charge < -0.3 is 10.4 Å². The second-order valence-electron chi connectivity index (χ2n) is 5.97. The minimum absolute atomic E-state index is 0.0573. The fraction of sp³-hybridized carbons (Fsp3) is 0.294. The van der Waals surface area contributed by atoms with E-state index in [4.69, 9.17) is 5.11 Å². The number of thiophene rings is 1. The van der Waals surface area contributed by atoms with Gasteiger partial charge in [-0.1, -0.05) is 26.0 Å². The van der Waals surface area contributed by atoms with E-state index < -0.39 is 27.9 Å². The molecular formula is C17H20N2O5S2. The third-order valence-electron chi connectivity index (χ3n) is 3.64. The molecule has 0 aliphatic rings. The summed E-state index contributed by atoms with van der Waals surface area (Å²) in [6, 6.07) is 8.07. The average Bonchev–Trinajstić information content (AvgIpc) is 3.11. The molecule has 0 radical (unpaired) electrons. The first-order valence-electron chi connectivity index (χ1n) is 7.86. The number of benzene rings is 1. The Bertz CT molecular complexity index is 876. The lowest BCUT2D eigenvalue weighted by Crippen LogP contribution is -2.44. The van der Waals surface area contributed by atoms with E-state index in [0.717, 1.165) is 4.88 Å². The Kier molecular flexibility index (Phi) is 6.52. The average molecular weight is 396 g/mol. The predicted molar refractivity (Wildman–Crippen MR) is 98.5 cm³/mol. The first-order valence-corrected chi connectivity index (χ1v) is 10.2. The summed E-state index contributed by atoms with van der Waals surface area (Å²) in [5.74, 6) is -2.09. The van der Waals surface area contributed by atoms with Crippen LogP contribution in [0, 0.1) is 5.92 Å². The van der Waals surface area contributed by atoms with E-state index in [1.165, 1.54) is 35.6 Å². The first kappa shape index (κ1) is 20.1. The predicted octanol–water partition coefficient (Wildman–Crippen LogP) is 2.07. The molecule has 0 aliphatic carbocycles. The summed E-state index contributed by atoms with van der Waals surface area (Å²) in [6.45, 7) is 3.51. The smallest absolute Gasteiger partial charge is 0.326 e. The molecule has 2 rings (SSSR count). The number of sulfonamides is 1. The largest absolute Gasteiger partial charge is 0.480 e. The molecule has 1 amide bonds. The highest BCUT2D eigenvalue weighted by Crippen LogP contribution is 2.14. The van der Waals surface area contributed by atoms with Crippen LogP contribution in [-0.4, -0.2) is 31.4 Å². The van der Waals surface area contributed by atoms with Crippen molar-refractivity contribution in [3.63, 3.8) is 0 Å². The van der Waals surface area contributed by atoms with E-state index in [1.54, 1.807) is 13.8 Å². The van der Waals surface area contributed by atoms with Crippen LogP contribution in [0.25, 0.3) is 0 Å². The molecule has 3 N–H and O–H groups in total. The Morgan fingerprint density at radius 2 is 1.92 bits per heavy atom. The molecule has 0 aliphatic heterocycles. The van der Waals surface area contributed by atoms with E-state index >= 15 is 0 Å². The van der Waals surface area contributed by atoms with Crippen LogP contribution in [0.5, 0.6) is 0 Å². The molecule has 1 aromatic carbocycles. The Morgan fingerprint density at radius 1 is 1.19 bits per heavy atom. The zero-order valence-electron chi connectivity index (χ0n) is 14.3. The molecular weight excluding hydrogens is 376 g/mol. The Hall–Kier alpha value is -2.23. The quantitative estimate of drug-likeness (QED) is 0.632. The first-order chi connectivity index (χ1) is 12.2. The number of nitrogens with one attached hydrogen (secondary N) is 2. The third-order valence-corrected chi connectivity index (χ3v) is 5.92. The lowest BCUT2D eigenvalue weighted by Gasteiger charge is -2.18. The number of rotatable bonds is 8. The van der Waals surface area contributed by atoms with Crippen LogP contribution >= 0.6 is 11.3 Å². The fourth-order valence-corrected chi connectivity index (χ4v) is 3.99. The summed E-state index contributed by atoms with van der Waals surface area (Å²) in [5.41, 5.74) is 0.0795. The van der Waals surface area contributed by atoms with Crippen molar-refractivity contribution in [1.82, 2.24) is 10.0 Å². The van der Waals surface area contributed by atoms with Crippen molar-refractivity contribution < 1.29 is 23.1 Å². The van der Waals surface area contributed by atoms with E-state index in [1.807, 2.05) is 17.5 Å². The van der Waals surface area contributed by atoms with E-state index in [9.17, 15) is 18.0 Å². The molecule has 140 valence electrons.